The second-order valence-corrected chi connectivity index (χ2v) is 3.95. The summed E-state index contributed by atoms with van der Waals surface area (Å²) in [7, 11) is 0. The molecule has 0 heterocycles. The zero-order valence-electron chi connectivity index (χ0n) is 9.97. The van der Waals surface area contributed by atoms with E-state index in [0.717, 1.165) is 12.8 Å². The van der Waals surface area contributed by atoms with Crippen LogP contribution in [0.4, 0.5) is 0 Å². The minimum Gasteiger partial charge on any atom is -0.402 e. The molecule has 0 bridgehead atoms. The molecule has 0 aliphatic carbocycles. The van der Waals surface area contributed by atoms with Gasteiger partial charge in [-0.2, -0.15) is 0 Å². The van der Waals surface area contributed by atoms with Crippen LogP contribution in [-0.2, 0) is 4.79 Å². The van der Waals surface area contributed by atoms with E-state index in [0.29, 0.717) is 30.0 Å². The monoisotopic (exact) mass is 210 g/mol. The molecule has 0 amide bonds. The third-order valence-electron chi connectivity index (χ3n) is 2.74. The summed E-state index contributed by atoms with van der Waals surface area (Å²) in [5.74, 6) is 0.662. The third-order valence-corrected chi connectivity index (χ3v) is 2.74. The number of carbonyl (C=O) groups excluding carboxylic acids is 1. The fourth-order valence-electron chi connectivity index (χ4n) is 1.49. The summed E-state index contributed by atoms with van der Waals surface area (Å²) < 4.78 is 0. The standard InChI is InChI=1S/C12H22N2O/c1-4-10(5-2)6-12(15)7-11(8-13)9(3)14/h8,10,13H,4-7,14H2,1-3H3. The van der Waals surface area contributed by atoms with Crippen molar-refractivity contribution >= 4 is 12.0 Å². The van der Waals surface area contributed by atoms with Crippen LogP contribution in [0.15, 0.2) is 11.3 Å². The van der Waals surface area contributed by atoms with E-state index < -0.39 is 0 Å². The molecule has 86 valence electrons. The molecule has 0 spiro atoms. The zero-order valence-corrected chi connectivity index (χ0v) is 9.97. The Morgan fingerprint density at radius 3 is 2.27 bits per heavy atom. The minimum absolute atomic E-state index is 0.187. The smallest absolute Gasteiger partial charge is 0.137 e. The van der Waals surface area contributed by atoms with Gasteiger partial charge in [0.15, 0.2) is 0 Å². The Kier molecular flexibility index (Phi) is 6.67. The Hall–Kier alpha value is -1.12. The van der Waals surface area contributed by atoms with Crippen LogP contribution in [0.3, 0.4) is 0 Å². The van der Waals surface area contributed by atoms with Crippen LogP contribution in [0, 0.1) is 11.3 Å². The highest BCUT2D eigenvalue weighted by atomic mass is 16.1. The van der Waals surface area contributed by atoms with Gasteiger partial charge in [-0.05, 0) is 18.4 Å². The summed E-state index contributed by atoms with van der Waals surface area (Å²) in [6.07, 6.45) is 4.17. The largest absolute Gasteiger partial charge is 0.402 e. The fraction of sp³-hybridized carbons (Fsp3) is 0.667. The Balaban J connectivity index is 4.25. The molecule has 0 aliphatic heterocycles. The summed E-state index contributed by atoms with van der Waals surface area (Å²) in [4.78, 5) is 11.7. The molecule has 0 aromatic carbocycles. The van der Waals surface area contributed by atoms with Crippen molar-refractivity contribution in [2.75, 3.05) is 0 Å². The van der Waals surface area contributed by atoms with Gasteiger partial charge in [0.1, 0.15) is 5.78 Å². The second kappa shape index (κ2) is 7.21. The summed E-state index contributed by atoms with van der Waals surface area (Å²) in [6.45, 7) is 5.93. The van der Waals surface area contributed by atoms with Crippen LogP contribution in [0.25, 0.3) is 0 Å². The molecule has 0 saturated heterocycles. The highest BCUT2D eigenvalue weighted by Crippen LogP contribution is 2.15. The van der Waals surface area contributed by atoms with Gasteiger partial charge in [0.05, 0.1) is 0 Å². The lowest BCUT2D eigenvalue weighted by molar-refractivity contribution is -0.119. The number of nitrogens with two attached hydrogens (primary N) is 1. The van der Waals surface area contributed by atoms with Crippen molar-refractivity contribution in [3.63, 3.8) is 0 Å². The number of nitrogens with one attached hydrogen (secondary N) is 1. The first-order valence-electron chi connectivity index (χ1n) is 5.52. The first-order valence-corrected chi connectivity index (χ1v) is 5.52. The number of hydrogen-bond acceptors (Lipinski definition) is 3. The molecule has 0 rings (SSSR count). The van der Waals surface area contributed by atoms with Gasteiger partial charge in [-0.15, -0.1) is 0 Å². The van der Waals surface area contributed by atoms with E-state index in [4.69, 9.17) is 11.1 Å². The molecule has 0 unspecified atom stereocenters. The van der Waals surface area contributed by atoms with E-state index in [1.54, 1.807) is 6.92 Å². The highest BCUT2D eigenvalue weighted by Gasteiger charge is 2.11. The molecular formula is C12H22N2O. The number of Topliss-reactive ketones (excluding diaryl/α,β-unsaturated/α-hetero) is 1. The molecule has 0 aliphatic rings. The lowest BCUT2D eigenvalue weighted by Gasteiger charge is -2.11. The number of hydrogen-bond donors (Lipinski definition) is 2. The Bertz CT molecular complexity index is 248. The number of allylic oxidation sites excluding steroid dienone is 2. The maximum atomic E-state index is 11.7. The van der Waals surface area contributed by atoms with Crippen molar-refractivity contribution in [1.29, 1.82) is 5.41 Å². The SMILES string of the molecule is CCC(CC)CC(=O)CC(C=N)=C(C)N. The van der Waals surface area contributed by atoms with E-state index in [-0.39, 0.29) is 5.78 Å². The molecule has 3 N–H and O–H groups in total. The lowest BCUT2D eigenvalue weighted by Crippen LogP contribution is -2.10. The summed E-state index contributed by atoms with van der Waals surface area (Å²) in [5, 5.41) is 7.14. The number of rotatable bonds is 7. The van der Waals surface area contributed by atoms with E-state index in [2.05, 4.69) is 13.8 Å². The van der Waals surface area contributed by atoms with Gasteiger partial charge in [0.2, 0.25) is 0 Å². The van der Waals surface area contributed by atoms with Crippen molar-refractivity contribution in [3.8, 4) is 0 Å². The summed E-state index contributed by atoms with van der Waals surface area (Å²) in [6, 6.07) is 0. The molecule has 0 radical (unpaired) electrons. The number of ketones is 1. The zero-order chi connectivity index (χ0) is 11.8. The predicted octanol–water partition coefficient (Wildman–Crippen LogP) is 2.65. The van der Waals surface area contributed by atoms with E-state index in [1.165, 1.54) is 6.21 Å². The summed E-state index contributed by atoms with van der Waals surface area (Å²) >= 11 is 0. The first-order chi connectivity index (χ1) is 7.04. The fourth-order valence-corrected chi connectivity index (χ4v) is 1.49. The maximum Gasteiger partial charge on any atom is 0.137 e. The van der Waals surface area contributed by atoms with Gasteiger partial charge in [0.25, 0.3) is 0 Å². The quantitative estimate of drug-likeness (QED) is 0.634. The average Bonchev–Trinajstić information content (AvgIpc) is 2.22. The van der Waals surface area contributed by atoms with Gasteiger partial charge in [-0.1, -0.05) is 26.7 Å². The van der Waals surface area contributed by atoms with Crippen molar-refractivity contribution in [3.05, 3.63) is 11.3 Å². The van der Waals surface area contributed by atoms with Crippen molar-refractivity contribution in [2.24, 2.45) is 11.7 Å². The van der Waals surface area contributed by atoms with Crippen molar-refractivity contribution < 1.29 is 4.79 Å². The molecule has 15 heavy (non-hydrogen) atoms. The molecule has 0 aromatic heterocycles. The van der Waals surface area contributed by atoms with E-state index in [9.17, 15) is 4.79 Å². The minimum atomic E-state index is 0.187. The highest BCUT2D eigenvalue weighted by molar-refractivity contribution is 5.90. The lowest BCUT2D eigenvalue weighted by atomic mass is 9.94. The Morgan fingerprint density at radius 1 is 1.40 bits per heavy atom. The van der Waals surface area contributed by atoms with E-state index in [1.807, 2.05) is 0 Å². The van der Waals surface area contributed by atoms with Crippen LogP contribution in [0.2, 0.25) is 0 Å². The number of carbonyl (C=O) groups is 1. The molecule has 0 saturated carbocycles. The maximum absolute atomic E-state index is 11.7. The van der Waals surface area contributed by atoms with Crippen LogP contribution >= 0.6 is 0 Å². The van der Waals surface area contributed by atoms with Gasteiger partial charge < -0.3 is 11.1 Å². The molecule has 0 atom stereocenters. The van der Waals surface area contributed by atoms with Crippen LogP contribution < -0.4 is 5.73 Å². The summed E-state index contributed by atoms with van der Waals surface area (Å²) in [5.41, 5.74) is 6.78. The van der Waals surface area contributed by atoms with Crippen molar-refractivity contribution in [2.45, 2.75) is 46.5 Å². The molecule has 3 heteroatoms. The van der Waals surface area contributed by atoms with E-state index >= 15 is 0 Å². The predicted molar refractivity (Wildman–Crippen MR) is 64.0 cm³/mol. The normalized spacial score (nSPS) is 12.5. The van der Waals surface area contributed by atoms with Gasteiger partial charge >= 0.3 is 0 Å². The molecule has 0 aromatic rings. The molecule has 0 fully saturated rings. The van der Waals surface area contributed by atoms with Gasteiger partial charge in [-0.3, -0.25) is 4.79 Å². The first kappa shape index (κ1) is 13.9. The van der Waals surface area contributed by atoms with Crippen LogP contribution in [0.1, 0.15) is 46.5 Å². The van der Waals surface area contributed by atoms with Crippen LogP contribution in [0.5, 0.6) is 0 Å². The van der Waals surface area contributed by atoms with Gasteiger partial charge in [-0.25, -0.2) is 0 Å². The third kappa shape index (κ3) is 5.35. The van der Waals surface area contributed by atoms with Crippen molar-refractivity contribution in [1.82, 2.24) is 0 Å². The van der Waals surface area contributed by atoms with Gasteiger partial charge in [0, 0.05) is 24.8 Å². The average molecular weight is 210 g/mol. The Labute approximate surface area is 92.3 Å². The topological polar surface area (TPSA) is 66.9 Å². The van der Waals surface area contributed by atoms with Crippen LogP contribution in [-0.4, -0.2) is 12.0 Å². The second-order valence-electron chi connectivity index (χ2n) is 3.95. The molecule has 3 nitrogen and oxygen atoms in total. The molecular weight excluding hydrogens is 188 g/mol. The Morgan fingerprint density at radius 2 is 1.93 bits per heavy atom.